The summed E-state index contributed by atoms with van der Waals surface area (Å²) >= 11 is 0. The first-order valence-corrected chi connectivity index (χ1v) is 9.56. The standard InChI is InChI=1S/C20H40.Cu/c1-3-5-7-9-11-13-15-17-19-20-18-16-14-12-10-8-6-4-2;/h13,15H,3-12,14,16-20H2,1-2H3;/b15-13-;. The molecule has 0 spiro atoms. The van der Waals surface area contributed by atoms with Crippen LogP contribution in [0.4, 0.5) is 0 Å². The Balaban J connectivity index is 0. The molecular weight excluding hydrogens is 304 g/mol. The number of hydrogen-bond acceptors (Lipinski definition) is 0. The molecule has 0 aromatic carbocycles. The maximum absolute atomic E-state index is 2.41. The Morgan fingerprint density at radius 2 is 0.714 bits per heavy atom. The Morgan fingerprint density at radius 1 is 0.429 bits per heavy atom. The van der Waals surface area contributed by atoms with Gasteiger partial charge in [0.25, 0.3) is 0 Å². The molecular formula is C20H40Cu. The molecule has 0 rings (SSSR count). The second kappa shape index (κ2) is 22.5. The van der Waals surface area contributed by atoms with Gasteiger partial charge in [0.15, 0.2) is 0 Å². The minimum absolute atomic E-state index is 0. The van der Waals surface area contributed by atoms with Gasteiger partial charge in [-0.2, -0.15) is 0 Å². The van der Waals surface area contributed by atoms with E-state index in [0.29, 0.717) is 0 Å². The van der Waals surface area contributed by atoms with Gasteiger partial charge >= 0.3 is 0 Å². The average Bonchev–Trinajstić information content (AvgIpc) is 2.47. The molecule has 1 radical (unpaired) electrons. The Hall–Kier alpha value is 0.259. The van der Waals surface area contributed by atoms with Gasteiger partial charge in [-0.1, -0.05) is 103 Å². The fraction of sp³-hybridized carbons (Fsp3) is 0.900. The van der Waals surface area contributed by atoms with Crippen molar-refractivity contribution in [2.24, 2.45) is 0 Å². The van der Waals surface area contributed by atoms with Gasteiger partial charge in [-0.3, -0.25) is 0 Å². The zero-order chi connectivity index (χ0) is 14.7. The van der Waals surface area contributed by atoms with E-state index >= 15 is 0 Å². The van der Waals surface area contributed by atoms with E-state index in [1.165, 1.54) is 103 Å². The van der Waals surface area contributed by atoms with Crippen molar-refractivity contribution in [3.05, 3.63) is 12.2 Å². The molecule has 0 atom stereocenters. The predicted molar refractivity (Wildman–Crippen MR) is 94.4 cm³/mol. The molecule has 0 aromatic heterocycles. The Kier molecular flexibility index (Phi) is 25.2. The van der Waals surface area contributed by atoms with E-state index in [1.807, 2.05) is 0 Å². The third-order valence-corrected chi connectivity index (χ3v) is 4.12. The number of allylic oxidation sites excluding steroid dienone is 2. The normalized spacial score (nSPS) is 11.0. The van der Waals surface area contributed by atoms with E-state index in [-0.39, 0.29) is 17.1 Å². The Morgan fingerprint density at radius 3 is 1.10 bits per heavy atom. The van der Waals surface area contributed by atoms with Crippen molar-refractivity contribution >= 4 is 0 Å². The molecule has 0 bridgehead atoms. The second-order valence-corrected chi connectivity index (χ2v) is 6.29. The summed E-state index contributed by atoms with van der Waals surface area (Å²) < 4.78 is 0. The topological polar surface area (TPSA) is 0 Å². The van der Waals surface area contributed by atoms with Gasteiger partial charge in [0.2, 0.25) is 0 Å². The fourth-order valence-corrected chi connectivity index (χ4v) is 2.67. The Bertz CT molecular complexity index is 186. The van der Waals surface area contributed by atoms with Crippen molar-refractivity contribution in [1.29, 1.82) is 0 Å². The largest absolute Gasteiger partial charge is 0.0885 e. The van der Waals surface area contributed by atoms with Crippen molar-refractivity contribution in [3.8, 4) is 0 Å². The van der Waals surface area contributed by atoms with E-state index in [0.717, 1.165) is 0 Å². The summed E-state index contributed by atoms with van der Waals surface area (Å²) in [6.07, 6.45) is 27.4. The second-order valence-electron chi connectivity index (χ2n) is 6.29. The third-order valence-electron chi connectivity index (χ3n) is 4.12. The van der Waals surface area contributed by atoms with Crippen LogP contribution in [-0.4, -0.2) is 0 Å². The van der Waals surface area contributed by atoms with Crippen LogP contribution in [0.1, 0.15) is 117 Å². The first-order valence-electron chi connectivity index (χ1n) is 9.56. The van der Waals surface area contributed by atoms with Gasteiger partial charge in [0.1, 0.15) is 0 Å². The van der Waals surface area contributed by atoms with Crippen LogP contribution in [-0.2, 0) is 17.1 Å². The molecule has 0 amide bonds. The van der Waals surface area contributed by atoms with E-state index in [9.17, 15) is 0 Å². The summed E-state index contributed by atoms with van der Waals surface area (Å²) in [7, 11) is 0. The molecule has 21 heavy (non-hydrogen) atoms. The van der Waals surface area contributed by atoms with Crippen molar-refractivity contribution in [2.75, 3.05) is 0 Å². The van der Waals surface area contributed by atoms with Crippen molar-refractivity contribution < 1.29 is 17.1 Å². The van der Waals surface area contributed by atoms with Gasteiger partial charge in [0, 0.05) is 17.1 Å². The molecule has 131 valence electrons. The number of unbranched alkanes of at least 4 members (excludes halogenated alkanes) is 14. The van der Waals surface area contributed by atoms with Crippen molar-refractivity contribution in [3.63, 3.8) is 0 Å². The van der Waals surface area contributed by atoms with Crippen LogP contribution in [0.25, 0.3) is 0 Å². The van der Waals surface area contributed by atoms with E-state index in [2.05, 4.69) is 26.0 Å². The molecule has 1 heteroatoms. The fourth-order valence-electron chi connectivity index (χ4n) is 2.67. The SMILES string of the molecule is CCCCCC/C=C\CCCCCCCCCCCC.[Cu]. The molecule has 0 aliphatic rings. The smallest absolute Gasteiger partial charge is 0 e. The monoisotopic (exact) mass is 343 g/mol. The molecule has 0 aliphatic carbocycles. The zero-order valence-electron chi connectivity index (χ0n) is 14.8. The summed E-state index contributed by atoms with van der Waals surface area (Å²) in [6, 6.07) is 0. The van der Waals surface area contributed by atoms with E-state index in [1.54, 1.807) is 0 Å². The predicted octanol–water partition coefficient (Wildman–Crippen LogP) is 7.82. The minimum Gasteiger partial charge on any atom is -0.0885 e. The van der Waals surface area contributed by atoms with E-state index < -0.39 is 0 Å². The summed E-state index contributed by atoms with van der Waals surface area (Å²) in [4.78, 5) is 0. The summed E-state index contributed by atoms with van der Waals surface area (Å²) in [6.45, 7) is 4.57. The first-order chi connectivity index (χ1) is 9.91. The van der Waals surface area contributed by atoms with Crippen molar-refractivity contribution in [1.82, 2.24) is 0 Å². The maximum atomic E-state index is 2.41. The van der Waals surface area contributed by atoms with Crippen LogP contribution in [0.5, 0.6) is 0 Å². The van der Waals surface area contributed by atoms with Crippen LogP contribution >= 0.6 is 0 Å². The maximum Gasteiger partial charge on any atom is 0 e. The number of hydrogen-bond donors (Lipinski definition) is 0. The molecule has 0 unspecified atom stereocenters. The zero-order valence-corrected chi connectivity index (χ0v) is 15.7. The molecule has 0 nitrogen and oxygen atoms in total. The van der Waals surface area contributed by atoms with Gasteiger partial charge in [-0.15, -0.1) is 0 Å². The average molecular weight is 344 g/mol. The molecule has 0 N–H and O–H groups in total. The minimum atomic E-state index is 0. The Labute approximate surface area is 146 Å². The molecule has 0 saturated carbocycles. The van der Waals surface area contributed by atoms with Gasteiger partial charge < -0.3 is 0 Å². The van der Waals surface area contributed by atoms with Crippen LogP contribution < -0.4 is 0 Å². The van der Waals surface area contributed by atoms with Crippen molar-refractivity contribution in [2.45, 2.75) is 117 Å². The summed E-state index contributed by atoms with van der Waals surface area (Å²) in [5.74, 6) is 0. The van der Waals surface area contributed by atoms with Crippen LogP contribution in [0.2, 0.25) is 0 Å². The molecule has 0 aliphatic heterocycles. The van der Waals surface area contributed by atoms with E-state index in [4.69, 9.17) is 0 Å². The van der Waals surface area contributed by atoms with Gasteiger partial charge in [-0.05, 0) is 25.7 Å². The molecule has 0 aromatic rings. The summed E-state index contributed by atoms with van der Waals surface area (Å²) in [5, 5.41) is 0. The molecule has 0 saturated heterocycles. The molecule has 0 fully saturated rings. The van der Waals surface area contributed by atoms with Crippen LogP contribution in [0.15, 0.2) is 12.2 Å². The molecule has 0 heterocycles. The first kappa shape index (κ1) is 23.5. The number of rotatable bonds is 16. The third kappa shape index (κ3) is 22.7. The van der Waals surface area contributed by atoms with Gasteiger partial charge in [-0.25, -0.2) is 0 Å². The quantitative estimate of drug-likeness (QED) is 0.152. The summed E-state index contributed by atoms with van der Waals surface area (Å²) in [5.41, 5.74) is 0. The van der Waals surface area contributed by atoms with Crippen LogP contribution in [0.3, 0.4) is 0 Å². The van der Waals surface area contributed by atoms with Gasteiger partial charge in [0.05, 0.1) is 0 Å². The van der Waals surface area contributed by atoms with Crippen LogP contribution in [0, 0.1) is 0 Å².